The Morgan fingerprint density at radius 1 is 0.700 bits per heavy atom. The maximum Gasteiger partial charge on any atom is 3.00 e. The largest absolute Gasteiger partial charge is 3.00 e. The smallest absolute Gasteiger partial charge is 0.444 e. The predicted octanol–water partition coefficient (Wildman–Crippen LogP) is 0.752. The van der Waals surface area contributed by atoms with Crippen LogP contribution in [0.25, 0.3) is 0 Å². The molecule has 0 atom stereocenters. The molecule has 0 aromatic heterocycles. The second-order valence-electron chi connectivity index (χ2n) is 0.224. The summed E-state index contributed by atoms with van der Waals surface area (Å²) in [6.45, 7) is 0. The van der Waals surface area contributed by atoms with Crippen LogP contribution in [0.15, 0.2) is 16.0 Å². The summed E-state index contributed by atoms with van der Waals surface area (Å²) in [5.74, 6) is 0. The molecule has 0 N–H and O–H groups in total. The Bertz CT molecular complexity index is 49.7. The summed E-state index contributed by atoms with van der Waals surface area (Å²) in [4.78, 5) is 24.0. The molecule has 0 spiro atoms. The first-order valence-electron chi connectivity index (χ1n) is 1.10. The van der Waals surface area contributed by atoms with E-state index in [1.54, 1.807) is 0 Å². The van der Waals surface area contributed by atoms with Gasteiger partial charge >= 0.3 is 39.9 Å². The zero-order valence-electron chi connectivity index (χ0n) is 4.14. The minimum absolute atomic E-state index is 0. The van der Waals surface area contributed by atoms with E-state index in [9.17, 15) is 0 Å². The van der Waals surface area contributed by atoms with Crippen LogP contribution >= 0.6 is 0 Å². The third kappa shape index (κ3) is 1420. The minimum atomic E-state index is 0. The fourth-order valence-corrected chi connectivity index (χ4v) is 0. The van der Waals surface area contributed by atoms with Gasteiger partial charge < -0.3 is 30.3 Å². The second-order valence-corrected chi connectivity index (χ2v) is 0.224. The molecule has 9 nitrogen and oxygen atoms in total. The van der Waals surface area contributed by atoms with Crippen LogP contribution < -0.4 is 0 Å². The topological polar surface area (TPSA) is 157 Å². The molecule has 0 unspecified atom stereocenters. The van der Waals surface area contributed by atoms with E-state index in [0.29, 0.717) is 0 Å². The average molecular weight is 295 g/mol. The minimum Gasteiger partial charge on any atom is -0.444 e. The van der Waals surface area contributed by atoms with Gasteiger partial charge in [-0.3, -0.25) is 0 Å². The van der Waals surface area contributed by atoms with Crippen molar-refractivity contribution in [3.05, 3.63) is 30.3 Å². The second kappa shape index (κ2) is 75.7. The Hall–Kier alpha value is -0.475. The first-order chi connectivity index (χ1) is 4.24. The Labute approximate surface area is 85.9 Å². The zero-order chi connectivity index (χ0) is 8.12. The first kappa shape index (κ1) is 22.7. The molecule has 0 aliphatic heterocycles. The van der Waals surface area contributed by atoms with Crippen molar-refractivity contribution in [1.29, 1.82) is 0 Å². The van der Waals surface area contributed by atoms with Gasteiger partial charge in [-0.05, 0) is 0 Å². The van der Waals surface area contributed by atoms with Gasteiger partial charge in [0.2, 0.25) is 0 Å². The van der Waals surface area contributed by atoms with Crippen molar-refractivity contribution in [2.24, 2.45) is 16.0 Å². The zero-order valence-corrected chi connectivity index (χ0v) is 6.41. The SMILES string of the molecule is O=N[O-].O=N[O-].O=N[O-].[Gd+3]. The van der Waals surface area contributed by atoms with Crippen LogP contribution in [-0.4, -0.2) is 0 Å². The van der Waals surface area contributed by atoms with Crippen LogP contribution in [0.1, 0.15) is 0 Å². The maximum atomic E-state index is 8.00. The number of rotatable bonds is 0. The Balaban J connectivity index is -0.0000000257. The summed E-state index contributed by atoms with van der Waals surface area (Å²) in [6, 6.07) is 0. The van der Waals surface area contributed by atoms with Crippen LogP contribution in [0.3, 0.4) is 0 Å². The molecule has 10 heteroatoms. The summed E-state index contributed by atoms with van der Waals surface area (Å²) in [7, 11) is 0. The molecule has 0 fully saturated rings. The van der Waals surface area contributed by atoms with Crippen molar-refractivity contribution in [3.8, 4) is 0 Å². The molecule has 0 aromatic carbocycles. The number of hydrogen-bond donors (Lipinski definition) is 0. The van der Waals surface area contributed by atoms with Crippen LogP contribution in [0.4, 0.5) is 0 Å². The van der Waals surface area contributed by atoms with Crippen LogP contribution in [0.2, 0.25) is 0 Å². The van der Waals surface area contributed by atoms with Crippen LogP contribution in [-0.2, 0) is 0 Å². The Morgan fingerprint density at radius 2 is 0.700 bits per heavy atom. The van der Waals surface area contributed by atoms with E-state index in [2.05, 4.69) is 0 Å². The summed E-state index contributed by atoms with van der Waals surface area (Å²) >= 11 is 0. The van der Waals surface area contributed by atoms with Crippen molar-refractivity contribution >= 4 is 0 Å². The molecular formula is GdN3O6. The van der Waals surface area contributed by atoms with Gasteiger partial charge in [0.25, 0.3) is 0 Å². The molecule has 59 valence electrons. The van der Waals surface area contributed by atoms with E-state index in [1.807, 2.05) is 0 Å². The fourth-order valence-electron chi connectivity index (χ4n) is 0. The number of hydrogen-bond acceptors (Lipinski definition) is 9. The Morgan fingerprint density at radius 3 is 0.700 bits per heavy atom. The van der Waals surface area contributed by atoms with Gasteiger partial charge in [-0.1, -0.05) is 0 Å². The summed E-state index contributed by atoms with van der Waals surface area (Å²) in [5, 5.41) is 27.0. The van der Waals surface area contributed by atoms with Crippen molar-refractivity contribution in [2.75, 3.05) is 0 Å². The summed E-state index contributed by atoms with van der Waals surface area (Å²) in [5.41, 5.74) is 0. The van der Waals surface area contributed by atoms with Gasteiger partial charge in [0, 0.05) is 0 Å². The summed E-state index contributed by atoms with van der Waals surface area (Å²) in [6.07, 6.45) is 0. The van der Waals surface area contributed by atoms with E-state index >= 15 is 0 Å². The monoisotopic (exact) mass is 296 g/mol. The third-order valence-electron chi connectivity index (χ3n) is 0. The van der Waals surface area contributed by atoms with Gasteiger partial charge in [0.05, 0.1) is 0 Å². The van der Waals surface area contributed by atoms with Crippen molar-refractivity contribution < 1.29 is 39.9 Å². The predicted molar refractivity (Wildman–Crippen MR) is 27.5 cm³/mol. The van der Waals surface area contributed by atoms with Crippen molar-refractivity contribution in [2.45, 2.75) is 0 Å². The molecule has 0 amide bonds. The van der Waals surface area contributed by atoms with Gasteiger partial charge in [-0.25, -0.2) is 0 Å². The van der Waals surface area contributed by atoms with Crippen LogP contribution in [0, 0.1) is 70.3 Å². The molecule has 0 saturated carbocycles. The number of nitrogens with zero attached hydrogens (tertiary/aromatic N) is 3. The maximum absolute atomic E-state index is 8.00. The van der Waals surface area contributed by atoms with Crippen molar-refractivity contribution in [3.63, 3.8) is 0 Å². The van der Waals surface area contributed by atoms with Gasteiger partial charge in [-0.15, -0.1) is 16.0 Å². The Kier molecular flexibility index (Phi) is 172. The average Bonchev–Trinajstić information content (AvgIpc) is 1.70. The van der Waals surface area contributed by atoms with Gasteiger partial charge in [0.15, 0.2) is 0 Å². The molecule has 0 aromatic rings. The molecule has 1 radical (unpaired) electrons. The molecule has 0 aliphatic carbocycles. The van der Waals surface area contributed by atoms with Gasteiger partial charge in [0.1, 0.15) is 0 Å². The molecule has 0 bridgehead atoms. The molecule has 0 heterocycles. The van der Waals surface area contributed by atoms with Crippen molar-refractivity contribution in [1.82, 2.24) is 0 Å². The van der Waals surface area contributed by atoms with Gasteiger partial charge in [-0.2, -0.15) is 0 Å². The molecule has 0 aliphatic rings. The van der Waals surface area contributed by atoms with Crippen LogP contribution in [0.5, 0.6) is 0 Å². The van der Waals surface area contributed by atoms with E-state index in [-0.39, 0.29) is 39.9 Å². The third-order valence-corrected chi connectivity index (χ3v) is 0. The quantitative estimate of drug-likeness (QED) is 0.473. The fraction of sp³-hybridized carbons (Fsp3) is 0. The summed E-state index contributed by atoms with van der Waals surface area (Å²) < 4.78 is 0. The standard InChI is InChI=1S/Gd.3HNO2/c;3*2-1-3/h;3*(H,2,3)/q+3;;;/p-3. The molecular weight excluding hydrogens is 295 g/mol. The van der Waals surface area contributed by atoms with E-state index in [0.717, 1.165) is 16.0 Å². The molecule has 0 saturated heterocycles. The first-order valence-corrected chi connectivity index (χ1v) is 1.10. The van der Waals surface area contributed by atoms with E-state index < -0.39 is 0 Å². The van der Waals surface area contributed by atoms with E-state index in [4.69, 9.17) is 30.3 Å². The molecule has 10 heavy (non-hydrogen) atoms. The van der Waals surface area contributed by atoms with E-state index in [1.165, 1.54) is 0 Å². The molecule has 0 rings (SSSR count). The normalized spacial score (nSPS) is 3.60.